The zero-order valence-electron chi connectivity index (χ0n) is 6.09. The summed E-state index contributed by atoms with van der Waals surface area (Å²) in [5.74, 6) is -3.85. The summed E-state index contributed by atoms with van der Waals surface area (Å²) < 4.78 is 26.9. The fourth-order valence-electron chi connectivity index (χ4n) is 0. The van der Waals surface area contributed by atoms with Gasteiger partial charge in [-0.3, -0.25) is 4.55 Å². The van der Waals surface area contributed by atoms with Crippen LogP contribution in [-0.2, 0) is 19.7 Å². The van der Waals surface area contributed by atoms with Gasteiger partial charge in [0.05, 0.1) is 5.75 Å². The first kappa shape index (κ1) is 13.4. The molecule has 0 saturated carbocycles. The van der Waals surface area contributed by atoms with Crippen LogP contribution in [0.3, 0.4) is 0 Å². The van der Waals surface area contributed by atoms with E-state index in [-0.39, 0.29) is 5.75 Å². The summed E-state index contributed by atoms with van der Waals surface area (Å²) >= 11 is 0. The minimum Gasteiger partial charge on any atom is -0.473 e. The number of aliphatic carboxylic acids is 2. The Kier molecular flexibility index (Phi) is 6.15. The molecule has 0 aliphatic rings. The number of carboxylic acid groups (broad SMARTS) is 2. The molecule has 3 N–H and O–H groups in total. The largest absolute Gasteiger partial charge is 0.473 e. The lowest BCUT2D eigenvalue weighted by Gasteiger charge is -1.79. The van der Waals surface area contributed by atoms with Crippen molar-refractivity contribution < 1.29 is 32.8 Å². The summed E-state index contributed by atoms with van der Waals surface area (Å²) in [4.78, 5) is 18.2. The third kappa shape index (κ3) is 15.9. The molecule has 0 unspecified atom stereocenters. The summed E-state index contributed by atoms with van der Waals surface area (Å²) in [7, 11) is -3.66. The van der Waals surface area contributed by atoms with Gasteiger partial charge < -0.3 is 10.2 Å². The van der Waals surface area contributed by atoms with Crippen molar-refractivity contribution in [1.29, 1.82) is 0 Å². The van der Waals surface area contributed by atoms with Crippen molar-refractivity contribution in [2.45, 2.75) is 6.92 Å². The fourth-order valence-corrected chi connectivity index (χ4v) is 0. The molecule has 0 radical (unpaired) electrons. The highest BCUT2D eigenvalue weighted by atomic mass is 32.2. The van der Waals surface area contributed by atoms with Crippen molar-refractivity contribution in [3.8, 4) is 0 Å². The molecule has 12 heavy (non-hydrogen) atoms. The average molecular weight is 200 g/mol. The summed E-state index contributed by atoms with van der Waals surface area (Å²) in [5, 5.41) is 14.8. The van der Waals surface area contributed by atoms with Gasteiger partial charge >= 0.3 is 11.9 Å². The van der Waals surface area contributed by atoms with Crippen LogP contribution >= 0.6 is 0 Å². The van der Waals surface area contributed by atoms with Gasteiger partial charge in [-0.05, 0) is 6.92 Å². The first-order valence-electron chi connectivity index (χ1n) is 2.62. The van der Waals surface area contributed by atoms with E-state index in [1.165, 1.54) is 6.92 Å². The Morgan fingerprint density at radius 3 is 1.33 bits per heavy atom. The second-order valence-corrected chi connectivity index (χ2v) is 3.22. The van der Waals surface area contributed by atoms with Crippen LogP contribution in [0.1, 0.15) is 6.92 Å². The molecule has 0 aliphatic carbocycles. The maximum Gasteiger partial charge on any atom is 0.414 e. The van der Waals surface area contributed by atoms with Crippen LogP contribution in [-0.4, -0.2) is 40.9 Å². The average Bonchev–Trinajstić information content (AvgIpc) is 1.87. The van der Waals surface area contributed by atoms with Gasteiger partial charge in [-0.25, -0.2) is 9.59 Å². The second-order valence-electron chi connectivity index (χ2n) is 1.48. The SMILES string of the molecule is CCS(=O)(=O)O.O=C(O)C(=O)O. The van der Waals surface area contributed by atoms with Gasteiger partial charge in [-0.2, -0.15) is 8.42 Å². The number of hydrogen-bond donors (Lipinski definition) is 3. The Balaban J connectivity index is 0. The van der Waals surface area contributed by atoms with Crippen LogP contribution in [0.2, 0.25) is 0 Å². The van der Waals surface area contributed by atoms with E-state index >= 15 is 0 Å². The predicted octanol–water partition coefficient (Wildman–Crippen LogP) is -0.950. The van der Waals surface area contributed by atoms with E-state index in [9.17, 15) is 8.42 Å². The number of rotatable bonds is 1. The van der Waals surface area contributed by atoms with Gasteiger partial charge in [-0.15, -0.1) is 0 Å². The molecule has 7 nitrogen and oxygen atoms in total. The molecule has 0 aromatic rings. The van der Waals surface area contributed by atoms with Gasteiger partial charge in [0.1, 0.15) is 0 Å². The van der Waals surface area contributed by atoms with Crippen molar-refractivity contribution in [2.24, 2.45) is 0 Å². The standard InChI is InChI=1S/C2H2O4.C2H6O3S/c3-1(4)2(5)6;1-2-6(3,4)5/h(H,3,4)(H,5,6);2H2,1H3,(H,3,4,5). The molecule has 8 heteroatoms. The van der Waals surface area contributed by atoms with Gasteiger partial charge in [0.2, 0.25) is 0 Å². The van der Waals surface area contributed by atoms with Gasteiger partial charge in [0.25, 0.3) is 10.1 Å². The summed E-state index contributed by atoms with van der Waals surface area (Å²) in [6.45, 7) is 1.37. The normalized spacial score (nSPS) is 9.50. The number of carboxylic acids is 2. The molecule has 0 saturated heterocycles. The molecule has 0 aromatic heterocycles. The van der Waals surface area contributed by atoms with Crippen molar-refractivity contribution in [3.63, 3.8) is 0 Å². The summed E-state index contributed by atoms with van der Waals surface area (Å²) in [6, 6.07) is 0. The number of hydrogen-bond acceptors (Lipinski definition) is 4. The van der Waals surface area contributed by atoms with Crippen LogP contribution < -0.4 is 0 Å². The zero-order valence-corrected chi connectivity index (χ0v) is 6.91. The van der Waals surface area contributed by atoms with E-state index in [1.54, 1.807) is 0 Å². The number of carbonyl (C=O) groups is 2. The third-order valence-electron chi connectivity index (χ3n) is 0.548. The maximum atomic E-state index is 9.56. The van der Waals surface area contributed by atoms with E-state index in [0.717, 1.165) is 0 Å². The van der Waals surface area contributed by atoms with Gasteiger partial charge in [-0.1, -0.05) is 0 Å². The Labute approximate surface area is 68.4 Å². The maximum absolute atomic E-state index is 9.56. The van der Waals surface area contributed by atoms with Crippen molar-refractivity contribution >= 4 is 22.1 Å². The van der Waals surface area contributed by atoms with Crippen molar-refractivity contribution in [1.82, 2.24) is 0 Å². The van der Waals surface area contributed by atoms with Crippen LogP contribution in [0.25, 0.3) is 0 Å². The summed E-state index contributed by atoms with van der Waals surface area (Å²) in [5.41, 5.74) is 0. The molecule has 0 heterocycles. The smallest absolute Gasteiger partial charge is 0.414 e. The lowest BCUT2D eigenvalue weighted by molar-refractivity contribution is -0.159. The Morgan fingerprint density at radius 1 is 1.17 bits per heavy atom. The minimum absolute atomic E-state index is 0.201. The van der Waals surface area contributed by atoms with Crippen molar-refractivity contribution in [2.75, 3.05) is 5.75 Å². The molecule has 0 amide bonds. The van der Waals surface area contributed by atoms with Crippen LogP contribution in [0.4, 0.5) is 0 Å². The van der Waals surface area contributed by atoms with Crippen LogP contribution in [0.15, 0.2) is 0 Å². The van der Waals surface area contributed by atoms with E-state index < -0.39 is 22.1 Å². The molecule has 0 aliphatic heterocycles. The molecule has 72 valence electrons. The molecule has 0 fully saturated rings. The van der Waals surface area contributed by atoms with Gasteiger partial charge in [0.15, 0.2) is 0 Å². The zero-order chi connectivity index (χ0) is 10.4. The topological polar surface area (TPSA) is 129 Å². The Hall–Kier alpha value is -1.15. The third-order valence-corrected chi connectivity index (χ3v) is 1.28. The lowest BCUT2D eigenvalue weighted by Crippen LogP contribution is -2.09. The Bertz CT molecular complexity index is 239. The van der Waals surface area contributed by atoms with Crippen LogP contribution in [0, 0.1) is 0 Å². The van der Waals surface area contributed by atoms with E-state index in [2.05, 4.69) is 0 Å². The van der Waals surface area contributed by atoms with Crippen LogP contribution in [0.5, 0.6) is 0 Å². The fraction of sp³-hybridized carbons (Fsp3) is 0.500. The van der Waals surface area contributed by atoms with E-state index in [0.29, 0.717) is 0 Å². The Morgan fingerprint density at radius 2 is 1.33 bits per heavy atom. The lowest BCUT2D eigenvalue weighted by atomic mass is 10.7. The highest BCUT2D eigenvalue weighted by molar-refractivity contribution is 7.85. The van der Waals surface area contributed by atoms with Gasteiger partial charge in [0, 0.05) is 0 Å². The molecule has 0 atom stereocenters. The molecule has 0 spiro atoms. The highest BCUT2D eigenvalue weighted by Crippen LogP contribution is 1.74. The molecule has 0 aromatic carbocycles. The minimum atomic E-state index is -3.66. The molecule has 0 bridgehead atoms. The summed E-state index contributed by atoms with van der Waals surface area (Å²) in [6.07, 6.45) is 0. The highest BCUT2D eigenvalue weighted by Gasteiger charge is 2.04. The first-order valence-corrected chi connectivity index (χ1v) is 4.23. The predicted molar refractivity (Wildman–Crippen MR) is 37.4 cm³/mol. The molecular weight excluding hydrogens is 192 g/mol. The first-order chi connectivity index (χ1) is 5.20. The van der Waals surface area contributed by atoms with E-state index in [1.807, 2.05) is 0 Å². The molecule has 0 rings (SSSR count). The van der Waals surface area contributed by atoms with Crippen molar-refractivity contribution in [3.05, 3.63) is 0 Å². The second kappa shape index (κ2) is 5.49. The monoisotopic (exact) mass is 200 g/mol. The quantitative estimate of drug-likeness (QED) is 0.367. The molecular formula is C4H8O7S. The van der Waals surface area contributed by atoms with E-state index in [4.69, 9.17) is 24.4 Å².